The smallest absolute Gasteiger partial charge is 0.341 e. The lowest BCUT2D eigenvalue weighted by Gasteiger charge is -2.08. The standard InChI is InChI=1S/C17H18BrN5O4S/c1-4-9-6-10(17(26)27-5-2)15(28-9)20-11(24)7-23-8-19-14-12(16(23)25)13(18)21-22(14)3/h6,8H,4-5,7H2,1-3H3,(H,20,24). The number of amides is 1. The first-order chi connectivity index (χ1) is 13.3. The van der Waals surface area contributed by atoms with Crippen molar-refractivity contribution in [3.63, 3.8) is 0 Å². The Morgan fingerprint density at radius 2 is 2.11 bits per heavy atom. The van der Waals surface area contributed by atoms with Crippen molar-refractivity contribution in [3.8, 4) is 0 Å². The lowest BCUT2D eigenvalue weighted by atomic mass is 10.2. The molecule has 3 heterocycles. The highest BCUT2D eigenvalue weighted by atomic mass is 79.9. The molecule has 0 saturated heterocycles. The van der Waals surface area contributed by atoms with Gasteiger partial charge in [-0.25, -0.2) is 14.5 Å². The number of esters is 1. The van der Waals surface area contributed by atoms with Crippen LogP contribution in [0.15, 0.2) is 21.8 Å². The summed E-state index contributed by atoms with van der Waals surface area (Å²) in [6.45, 7) is 3.67. The zero-order valence-electron chi connectivity index (χ0n) is 15.5. The number of rotatable bonds is 6. The molecule has 148 valence electrons. The average molecular weight is 468 g/mol. The number of thiophene rings is 1. The quantitative estimate of drug-likeness (QED) is 0.557. The molecule has 3 aromatic rings. The molecule has 0 bridgehead atoms. The molecule has 0 radical (unpaired) electrons. The number of aromatic nitrogens is 4. The minimum absolute atomic E-state index is 0.241. The molecule has 0 spiro atoms. The summed E-state index contributed by atoms with van der Waals surface area (Å²) < 4.78 is 8.09. The van der Waals surface area contributed by atoms with Crippen LogP contribution in [-0.2, 0) is 29.5 Å². The van der Waals surface area contributed by atoms with Gasteiger partial charge in [0.15, 0.2) is 5.65 Å². The van der Waals surface area contributed by atoms with E-state index in [-0.39, 0.29) is 18.7 Å². The summed E-state index contributed by atoms with van der Waals surface area (Å²) in [5.74, 6) is -0.938. The van der Waals surface area contributed by atoms with Crippen molar-refractivity contribution in [2.75, 3.05) is 11.9 Å². The number of nitrogens with one attached hydrogen (secondary N) is 1. The highest BCUT2D eigenvalue weighted by molar-refractivity contribution is 9.10. The summed E-state index contributed by atoms with van der Waals surface area (Å²) >= 11 is 4.55. The van der Waals surface area contributed by atoms with Crippen LogP contribution in [0.5, 0.6) is 0 Å². The topological polar surface area (TPSA) is 108 Å². The second kappa shape index (κ2) is 8.23. The molecule has 0 aliphatic heterocycles. The van der Waals surface area contributed by atoms with Crippen LogP contribution in [0.25, 0.3) is 11.0 Å². The van der Waals surface area contributed by atoms with Gasteiger partial charge in [-0.3, -0.25) is 14.2 Å². The van der Waals surface area contributed by atoms with Crippen LogP contribution in [0.3, 0.4) is 0 Å². The van der Waals surface area contributed by atoms with E-state index in [0.717, 1.165) is 11.3 Å². The number of carbonyl (C=O) groups is 2. The van der Waals surface area contributed by atoms with Crippen molar-refractivity contribution in [1.29, 1.82) is 0 Å². The molecule has 0 unspecified atom stereocenters. The van der Waals surface area contributed by atoms with E-state index in [1.54, 1.807) is 20.0 Å². The number of hydrogen-bond donors (Lipinski definition) is 1. The van der Waals surface area contributed by atoms with E-state index >= 15 is 0 Å². The second-order valence-electron chi connectivity index (χ2n) is 5.87. The summed E-state index contributed by atoms with van der Waals surface area (Å²) in [5.41, 5.74) is 0.350. The van der Waals surface area contributed by atoms with Crippen LogP contribution < -0.4 is 10.9 Å². The molecule has 0 aliphatic rings. The SMILES string of the molecule is CCOC(=O)c1cc(CC)sc1NC(=O)Cn1cnc2c(c(Br)nn2C)c1=O. The third-order valence-electron chi connectivity index (χ3n) is 3.96. The minimum Gasteiger partial charge on any atom is -0.462 e. The summed E-state index contributed by atoms with van der Waals surface area (Å²) in [4.78, 5) is 42.4. The number of carbonyl (C=O) groups excluding carboxylic acids is 2. The van der Waals surface area contributed by atoms with Crippen LogP contribution in [0.4, 0.5) is 5.00 Å². The van der Waals surface area contributed by atoms with Crippen LogP contribution in [0.1, 0.15) is 29.1 Å². The molecule has 1 N–H and O–H groups in total. The lowest BCUT2D eigenvalue weighted by Crippen LogP contribution is -2.28. The molecule has 28 heavy (non-hydrogen) atoms. The molecule has 0 fully saturated rings. The van der Waals surface area contributed by atoms with Crippen LogP contribution in [-0.4, -0.2) is 37.8 Å². The van der Waals surface area contributed by atoms with Gasteiger partial charge in [0.1, 0.15) is 27.9 Å². The van der Waals surface area contributed by atoms with Gasteiger partial charge in [-0.1, -0.05) is 6.92 Å². The molecule has 0 saturated carbocycles. The predicted molar refractivity (Wildman–Crippen MR) is 109 cm³/mol. The summed E-state index contributed by atoms with van der Waals surface area (Å²) in [5, 5.41) is 7.52. The van der Waals surface area contributed by atoms with E-state index < -0.39 is 11.9 Å². The van der Waals surface area contributed by atoms with Crippen molar-refractivity contribution >= 4 is 55.2 Å². The van der Waals surface area contributed by atoms with Crippen molar-refractivity contribution in [1.82, 2.24) is 19.3 Å². The first-order valence-corrected chi connectivity index (χ1v) is 10.1. The monoisotopic (exact) mass is 467 g/mol. The molecule has 3 rings (SSSR count). The Morgan fingerprint density at radius 3 is 2.79 bits per heavy atom. The minimum atomic E-state index is -0.492. The Kier molecular flexibility index (Phi) is 5.94. The van der Waals surface area contributed by atoms with Gasteiger partial charge in [0, 0.05) is 11.9 Å². The van der Waals surface area contributed by atoms with Gasteiger partial charge in [0.2, 0.25) is 5.91 Å². The normalized spacial score (nSPS) is 11.0. The molecule has 11 heteroatoms. The van der Waals surface area contributed by atoms with Crippen molar-refractivity contribution < 1.29 is 14.3 Å². The third-order valence-corrected chi connectivity index (χ3v) is 5.71. The summed E-state index contributed by atoms with van der Waals surface area (Å²) in [6.07, 6.45) is 2.03. The zero-order chi connectivity index (χ0) is 20.4. The van der Waals surface area contributed by atoms with E-state index in [0.29, 0.717) is 26.2 Å². The van der Waals surface area contributed by atoms with E-state index in [9.17, 15) is 14.4 Å². The third kappa shape index (κ3) is 3.85. The maximum absolute atomic E-state index is 12.6. The fraction of sp³-hybridized carbons (Fsp3) is 0.353. The molecule has 3 aromatic heterocycles. The Balaban J connectivity index is 1.85. The number of ether oxygens (including phenoxy) is 1. The van der Waals surface area contributed by atoms with Gasteiger partial charge in [-0.15, -0.1) is 11.3 Å². The number of aryl methyl sites for hydroxylation is 2. The van der Waals surface area contributed by atoms with Gasteiger partial charge >= 0.3 is 5.97 Å². The first kappa shape index (κ1) is 20.2. The molecule has 0 aliphatic carbocycles. The molecular formula is C17H18BrN5O4S. The van der Waals surface area contributed by atoms with Crippen LogP contribution in [0.2, 0.25) is 0 Å². The average Bonchev–Trinajstić information content (AvgIpc) is 3.18. The number of fused-ring (bicyclic) bond motifs is 1. The maximum Gasteiger partial charge on any atom is 0.341 e. The van der Waals surface area contributed by atoms with E-state index in [1.165, 1.54) is 26.9 Å². The fourth-order valence-electron chi connectivity index (χ4n) is 2.64. The summed E-state index contributed by atoms with van der Waals surface area (Å²) in [6, 6.07) is 1.71. The first-order valence-electron chi connectivity index (χ1n) is 8.53. The van der Waals surface area contributed by atoms with Gasteiger partial charge in [-0.05, 0) is 35.3 Å². The molecule has 9 nitrogen and oxygen atoms in total. The summed E-state index contributed by atoms with van der Waals surface area (Å²) in [7, 11) is 1.68. The highest BCUT2D eigenvalue weighted by Crippen LogP contribution is 2.29. The predicted octanol–water partition coefficient (Wildman–Crippen LogP) is 2.33. The zero-order valence-corrected chi connectivity index (χ0v) is 17.9. The second-order valence-corrected chi connectivity index (χ2v) is 7.76. The van der Waals surface area contributed by atoms with E-state index in [1.807, 2.05) is 6.92 Å². The highest BCUT2D eigenvalue weighted by Gasteiger charge is 2.20. The number of hydrogen-bond acceptors (Lipinski definition) is 7. The van der Waals surface area contributed by atoms with Gasteiger partial charge in [0.05, 0.1) is 12.2 Å². The molecule has 1 amide bonds. The maximum atomic E-state index is 12.6. The number of anilines is 1. The van der Waals surface area contributed by atoms with E-state index in [2.05, 4.69) is 31.3 Å². The lowest BCUT2D eigenvalue weighted by molar-refractivity contribution is -0.116. The largest absolute Gasteiger partial charge is 0.462 e. The Morgan fingerprint density at radius 1 is 1.36 bits per heavy atom. The van der Waals surface area contributed by atoms with Crippen molar-refractivity contribution in [2.45, 2.75) is 26.8 Å². The number of nitrogens with zero attached hydrogens (tertiary/aromatic N) is 4. The van der Waals surface area contributed by atoms with Crippen LogP contribution in [0, 0.1) is 0 Å². The van der Waals surface area contributed by atoms with Gasteiger partial charge < -0.3 is 10.1 Å². The van der Waals surface area contributed by atoms with Gasteiger partial charge in [-0.2, -0.15) is 5.10 Å². The van der Waals surface area contributed by atoms with Crippen molar-refractivity contribution in [3.05, 3.63) is 37.8 Å². The van der Waals surface area contributed by atoms with E-state index in [4.69, 9.17) is 4.74 Å². The fourth-order valence-corrected chi connectivity index (χ4v) is 4.22. The van der Waals surface area contributed by atoms with Gasteiger partial charge in [0.25, 0.3) is 5.56 Å². The van der Waals surface area contributed by atoms with Crippen LogP contribution >= 0.6 is 27.3 Å². The molecule has 0 aromatic carbocycles. The van der Waals surface area contributed by atoms with Crippen molar-refractivity contribution in [2.24, 2.45) is 7.05 Å². The Labute approximate surface area is 172 Å². The Hall–Kier alpha value is -2.53. The molecule has 0 atom stereocenters. The molecular weight excluding hydrogens is 450 g/mol. The Bertz CT molecular complexity index is 1120. The number of halogens is 1.